The molecule has 30 heavy (non-hydrogen) atoms. The van der Waals surface area contributed by atoms with Crippen LogP contribution in [0, 0.1) is 6.92 Å². The van der Waals surface area contributed by atoms with Crippen LogP contribution in [0.1, 0.15) is 55.1 Å². The molecule has 1 saturated heterocycles. The smallest absolute Gasteiger partial charge is 0.263 e. The standard InChI is InChI=1S/C23H25N3O2S2/c1-16-6-7-19(22(27)24-11-8-18-4-2-14-29-18)21(25-16)17-9-12-26(13-10-17)23(28)20-5-3-15-30-20/h2-7,14-15,17H,8-13H2,1H3,(H,24,27). The van der Waals surface area contributed by atoms with Crippen molar-refractivity contribution < 1.29 is 9.59 Å². The van der Waals surface area contributed by atoms with Crippen LogP contribution in [0.25, 0.3) is 0 Å². The van der Waals surface area contributed by atoms with Gasteiger partial charge in [-0.3, -0.25) is 14.6 Å². The van der Waals surface area contributed by atoms with Gasteiger partial charge in [-0.15, -0.1) is 22.7 Å². The molecule has 0 spiro atoms. The highest BCUT2D eigenvalue weighted by Crippen LogP contribution is 2.30. The Bertz CT molecular complexity index is 992. The first-order valence-corrected chi connectivity index (χ1v) is 12.0. The van der Waals surface area contributed by atoms with Crippen LogP contribution in [0.4, 0.5) is 0 Å². The number of pyridine rings is 1. The number of nitrogens with one attached hydrogen (secondary N) is 1. The van der Waals surface area contributed by atoms with Gasteiger partial charge in [0.2, 0.25) is 0 Å². The Labute approximate surface area is 184 Å². The number of aryl methyl sites for hydroxylation is 1. The van der Waals surface area contributed by atoms with E-state index < -0.39 is 0 Å². The molecule has 1 N–H and O–H groups in total. The molecule has 0 radical (unpaired) electrons. The number of hydrogen-bond donors (Lipinski definition) is 1. The molecular formula is C23H25N3O2S2. The van der Waals surface area contributed by atoms with Gasteiger partial charge in [-0.25, -0.2) is 0 Å². The fourth-order valence-corrected chi connectivity index (χ4v) is 5.24. The summed E-state index contributed by atoms with van der Waals surface area (Å²) in [5.74, 6) is 0.230. The minimum atomic E-state index is -0.0638. The Morgan fingerprint density at radius 1 is 1.10 bits per heavy atom. The van der Waals surface area contributed by atoms with Crippen LogP contribution < -0.4 is 5.32 Å². The molecule has 5 nitrogen and oxygen atoms in total. The van der Waals surface area contributed by atoms with E-state index in [1.165, 1.54) is 16.2 Å². The molecule has 0 bridgehead atoms. The molecule has 0 unspecified atom stereocenters. The molecule has 1 aliphatic rings. The maximum atomic E-state index is 12.9. The third kappa shape index (κ3) is 4.79. The van der Waals surface area contributed by atoms with Gasteiger partial charge in [-0.1, -0.05) is 12.1 Å². The fourth-order valence-electron chi connectivity index (χ4n) is 3.84. The molecule has 4 heterocycles. The Kier molecular flexibility index (Phi) is 6.59. The van der Waals surface area contributed by atoms with E-state index in [0.717, 1.165) is 35.5 Å². The molecule has 1 aliphatic heterocycles. The first kappa shape index (κ1) is 20.8. The highest BCUT2D eigenvalue weighted by atomic mass is 32.1. The zero-order valence-electron chi connectivity index (χ0n) is 17.0. The number of carbonyl (C=O) groups excluding carboxylic acids is 2. The van der Waals surface area contributed by atoms with E-state index in [0.29, 0.717) is 25.2 Å². The summed E-state index contributed by atoms with van der Waals surface area (Å²) < 4.78 is 0. The van der Waals surface area contributed by atoms with E-state index in [4.69, 9.17) is 4.98 Å². The second-order valence-electron chi connectivity index (χ2n) is 7.51. The molecule has 7 heteroatoms. The number of hydrogen-bond acceptors (Lipinski definition) is 5. The molecule has 0 saturated carbocycles. The lowest BCUT2D eigenvalue weighted by molar-refractivity contribution is 0.0715. The van der Waals surface area contributed by atoms with E-state index in [1.54, 1.807) is 11.3 Å². The highest BCUT2D eigenvalue weighted by molar-refractivity contribution is 7.12. The van der Waals surface area contributed by atoms with Gasteiger partial charge in [0.05, 0.1) is 16.1 Å². The first-order chi connectivity index (χ1) is 14.6. The summed E-state index contributed by atoms with van der Waals surface area (Å²) >= 11 is 3.19. The summed E-state index contributed by atoms with van der Waals surface area (Å²) in [6.07, 6.45) is 2.48. The van der Waals surface area contributed by atoms with E-state index in [9.17, 15) is 9.59 Å². The number of aromatic nitrogens is 1. The summed E-state index contributed by atoms with van der Waals surface area (Å²) in [6, 6.07) is 11.7. The molecule has 3 aromatic rings. The van der Waals surface area contributed by atoms with Gasteiger partial charge < -0.3 is 10.2 Å². The van der Waals surface area contributed by atoms with Crippen LogP contribution in [0.2, 0.25) is 0 Å². The first-order valence-electron chi connectivity index (χ1n) is 10.2. The van der Waals surface area contributed by atoms with E-state index in [1.807, 2.05) is 47.5 Å². The average Bonchev–Trinajstić information content (AvgIpc) is 3.47. The van der Waals surface area contributed by atoms with Crippen molar-refractivity contribution in [2.45, 2.75) is 32.1 Å². The van der Waals surface area contributed by atoms with Crippen LogP contribution in [0.3, 0.4) is 0 Å². The zero-order chi connectivity index (χ0) is 20.9. The third-order valence-electron chi connectivity index (χ3n) is 5.45. The number of nitrogens with zero attached hydrogens (tertiary/aromatic N) is 2. The molecule has 4 rings (SSSR count). The lowest BCUT2D eigenvalue weighted by Gasteiger charge is -2.32. The summed E-state index contributed by atoms with van der Waals surface area (Å²) in [4.78, 5) is 34.2. The van der Waals surface area contributed by atoms with Crippen molar-refractivity contribution in [3.63, 3.8) is 0 Å². The quantitative estimate of drug-likeness (QED) is 0.615. The van der Waals surface area contributed by atoms with E-state index in [2.05, 4.69) is 16.8 Å². The van der Waals surface area contributed by atoms with Crippen LogP contribution in [0.15, 0.2) is 47.2 Å². The van der Waals surface area contributed by atoms with Gasteiger partial charge in [0.25, 0.3) is 11.8 Å². The van der Waals surface area contributed by atoms with Crippen LogP contribution in [0.5, 0.6) is 0 Å². The molecule has 2 amide bonds. The van der Waals surface area contributed by atoms with Gasteiger partial charge in [0.1, 0.15) is 0 Å². The average molecular weight is 440 g/mol. The predicted molar refractivity (Wildman–Crippen MR) is 122 cm³/mol. The van der Waals surface area contributed by atoms with Crippen LogP contribution in [-0.2, 0) is 6.42 Å². The lowest BCUT2D eigenvalue weighted by Crippen LogP contribution is -2.38. The highest BCUT2D eigenvalue weighted by Gasteiger charge is 2.28. The number of piperidine rings is 1. The van der Waals surface area contributed by atoms with Crippen molar-refractivity contribution in [1.82, 2.24) is 15.2 Å². The summed E-state index contributed by atoms with van der Waals surface area (Å²) in [5.41, 5.74) is 2.44. The SMILES string of the molecule is Cc1ccc(C(=O)NCCc2cccs2)c(C2CCN(C(=O)c3cccs3)CC2)n1. The minimum absolute atomic E-state index is 0.0638. The second kappa shape index (κ2) is 9.53. The second-order valence-corrected chi connectivity index (χ2v) is 9.49. The number of rotatable bonds is 6. The Hall–Kier alpha value is -2.51. The fraction of sp³-hybridized carbons (Fsp3) is 0.348. The summed E-state index contributed by atoms with van der Waals surface area (Å²) in [7, 11) is 0. The number of amides is 2. The minimum Gasteiger partial charge on any atom is -0.352 e. The number of thiophene rings is 2. The van der Waals surface area contributed by atoms with Gasteiger partial charge in [-0.2, -0.15) is 0 Å². The van der Waals surface area contributed by atoms with Crippen molar-refractivity contribution in [3.05, 3.63) is 73.9 Å². The molecular weight excluding hydrogens is 414 g/mol. The Morgan fingerprint density at radius 3 is 2.57 bits per heavy atom. The van der Waals surface area contributed by atoms with Crippen molar-refractivity contribution >= 4 is 34.5 Å². The molecule has 3 aromatic heterocycles. The number of likely N-dealkylation sites (tertiary alicyclic amines) is 1. The summed E-state index contributed by atoms with van der Waals surface area (Å²) in [5, 5.41) is 7.03. The van der Waals surface area contributed by atoms with Crippen molar-refractivity contribution in [3.8, 4) is 0 Å². The molecule has 0 aromatic carbocycles. The van der Waals surface area contributed by atoms with Crippen LogP contribution in [-0.4, -0.2) is 41.3 Å². The van der Waals surface area contributed by atoms with Gasteiger partial charge >= 0.3 is 0 Å². The Balaban J connectivity index is 1.40. The molecule has 0 aliphatic carbocycles. The lowest BCUT2D eigenvalue weighted by atomic mass is 9.89. The molecule has 156 valence electrons. The van der Waals surface area contributed by atoms with Gasteiger partial charge in [0, 0.05) is 36.1 Å². The maximum Gasteiger partial charge on any atom is 0.263 e. The molecule has 0 atom stereocenters. The van der Waals surface area contributed by atoms with Gasteiger partial charge in [0.15, 0.2) is 0 Å². The number of carbonyl (C=O) groups is 2. The molecule has 1 fully saturated rings. The van der Waals surface area contributed by atoms with Crippen molar-refractivity contribution in [2.75, 3.05) is 19.6 Å². The van der Waals surface area contributed by atoms with E-state index >= 15 is 0 Å². The topological polar surface area (TPSA) is 62.3 Å². The van der Waals surface area contributed by atoms with Crippen LogP contribution >= 0.6 is 22.7 Å². The van der Waals surface area contributed by atoms with Gasteiger partial charge in [-0.05, 0) is 61.2 Å². The van der Waals surface area contributed by atoms with E-state index in [-0.39, 0.29) is 17.7 Å². The van der Waals surface area contributed by atoms with Crippen molar-refractivity contribution in [1.29, 1.82) is 0 Å². The largest absolute Gasteiger partial charge is 0.352 e. The monoisotopic (exact) mass is 439 g/mol. The predicted octanol–water partition coefficient (Wildman–Crippen LogP) is 4.51. The summed E-state index contributed by atoms with van der Waals surface area (Å²) in [6.45, 7) is 3.95. The normalized spacial score (nSPS) is 14.6. The maximum absolute atomic E-state index is 12.9. The third-order valence-corrected chi connectivity index (χ3v) is 7.24. The van der Waals surface area contributed by atoms with Crippen molar-refractivity contribution in [2.24, 2.45) is 0 Å². The zero-order valence-corrected chi connectivity index (χ0v) is 18.6. The Morgan fingerprint density at radius 2 is 1.87 bits per heavy atom.